The molecule has 0 aliphatic carbocycles. The van der Waals surface area contributed by atoms with E-state index in [2.05, 4.69) is 4.98 Å². The van der Waals surface area contributed by atoms with Gasteiger partial charge in [0.25, 0.3) is 0 Å². The van der Waals surface area contributed by atoms with E-state index in [-0.39, 0.29) is 5.75 Å². The third kappa shape index (κ3) is 0.942. The van der Waals surface area contributed by atoms with Crippen molar-refractivity contribution in [1.29, 1.82) is 0 Å². The van der Waals surface area contributed by atoms with Crippen molar-refractivity contribution in [1.82, 2.24) is 4.98 Å². The van der Waals surface area contributed by atoms with E-state index < -0.39 is 0 Å². The van der Waals surface area contributed by atoms with Gasteiger partial charge in [0, 0.05) is 6.07 Å². The molecule has 62 valence electrons. The number of aromatic hydroxyl groups is 1. The Bertz CT molecular complexity index is 406. The summed E-state index contributed by atoms with van der Waals surface area (Å²) < 4.78 is 5.03. The molecule has 1 N–H and O–H groups in total. The summed E-state index contributed by atoms with van der Waals surface area (Å²) in [6, 6.07) is 3.44. The monoisotopic (exact) mass is 163 g/mol. The van der Waals surface area contributed by atoms with Crippen LogP contribution in [0, 0.1) is 0 Å². The molecule has 0 bridgehead atoms. The lowest BCUT2D eigenvalue weighted by Gasteiger charge is -1.98. The number of aromatic nitrogens is 1. The van der Waals surface area contributed by atoms with Gasteiger partial charge in [-0.1, -0.05) is 6.92 Å². The Morgan fingerprint density at radius 1 is 1.50 bits per heavy atom. The molecule has 0 saturated heterocycles. The van der Waals surface area contributed by atoms with E-state index in [1.165, 1.54) is 6.39 Å². The number of hydrogen-bond donors (Lipinski definition) is 1. The molecule has 1 aromatic heterocycles. The van der Waals surface area contributed by atoms with E-state index in [0.29, 0.717) is 5.58 Å². The Morgan fingerprint density at radius 3 is 3.08 bits per heavy atom. The predicted octanol–water partition coefficient (Wildman–Crippen LogP) is 2.10. The standard InChI is InChI=1S/C9H9NO2/c1-2-6-3-7-9(4-8(6)11)12-5-10-7/h3-5,11H,2H2,1H3. The SMILES string of the molecule is CCc1cc2ncoc2cc1O. The number of phenolic OH excluding ortho intramolecular Hbond substituents is 1. The first-order valence-electron chi connectivity index (χ1n) is 3.86. The highest BCUT2D eigenvalue weighted by molar-refractivity contribution is 5.75. The molecule has 0 amide bonds. The molecule has 0 aliphatic rings. The van der Waals surface area contributed by atoms with Gasteiger partial charge in [-0.05, 0) is 18.1 Å². The van der Waals surface area contributed by atoms with Crippen LogP contribution in [0.25, 0.3) is 11.1 Å². The molecule has 0 fully saturated rings. The van der Waals surface area contributed by atoms with Gasteiger partial charge in [0.05, 0.1) is 0 Å². The van der Waals surface area contributed by atoms with E-state index in [4.69, 9.17) is 4.42 Å². The van der Waals surface area contributed by atoms with Gasteiger partial charge >= 0.3 is 0 Å². The van der Waals surface area contributed by atoms with Crippen LogP contribution in [-0.4, -0.2) is 10.1 Å². The molecular formula is C9H9NO2. The molecule has 2 aromatic rings. The summed E-state index contributed by atoms with van der Waals surface area (Å²) in [6.07, 6.45) is 2.18. The second-order valence-corrected chi connectivity index (χ2v) is 2.65. The van der Waals surface area contributed by atoms with E-state index in [9.17, 15) is 5.11 Å². The van der Waals surface area contributed by atoms with E-state index in [0.717, 1.165) is 17.5 Å². The molecule has 0 unspecified atom stereocenters. The summed E-state index contributed by atoms with van der Waals surface area (Å²) in [5.74, 6) is 0.279. The maximum absolute atomic E-state index is 9.44. The Kier molecular flexibility index (Phi) is 1.50. The van der Waals surface area contributed by atoms with Crippen molar-refractivity contribution in [3.8, 4) is 5.75 Å². The van der Waals surface area contributed by atoms with Gasteiger partial charge in [0.2, 0.25) is 0 Å². The van der Waals surface area contributed by atoms with Crippen molar-refractivity contribution in [3.63, 3.8) is 0 Å². The number of benzene rings is 1. The number of oxazole rings is 1. The largest absolute Gasteiger partial charge is 0.508 e. The third-order valence-corrected chi connectivity index (χ3v) is 1.91. The number of hydrogen-bond acceptors (Lipinski definition) is 3. The maximum atomic E-state index is 9.44. The first-order valence-corrected chi connectivity index (χ1v) is 3.86. The van der Waals surface area contributed by atoms with Gasteiger partial charge in [-0.15, -0.1) is 0 Å². The number of rotatable bonds is 1. The summed E-state index contributed by atoms with van der Waals surface area (Å²) in [4.78, 5) is 3.99. The van der Waals surface area contributed by atoms with Crippen LogP contribution in [0.3, 0.4) is 0 Å². The summed E-state index contributed by atoms with van der Waals surface area (Å²) in [7, 11) is 0. The van der Waals surface area contributed by atoms with Gasteiger partial charge in [-0.3, -0.25) is 0 Å². The van der Waals surface area contributed by atoms with Crippen molar-refractivity contribution in [3.05, 3.63) is 24.1 Å². The van der Waals surface area contributed by atoms with E-state index in [1.54, 1.807) is 6.07 Å². The third-order valence-electron chi connectivity index (χ3n) is 1.91. The second kappa shape index (κ2) is 2.52. The van der Waals surface area contributed by atoms with Crippen LogP contribution in [0.15, 0.2) is 22.9 Å². The minimum Gasteiger partial charge on any atom is -0.508 e. The van der Waals surface area contributed by atoms with E-state index in [1.807, 2.05) is 13.0 Å². The van der Waals surface area contributed by atoms with Crippen molar-refractivity contribution in [2.24, 2.45) is 0 Å². The number of nitrogens with zero attached hydrogens (tertiary/aromatic N) is 1. The molecule has 0 spiro atoms. The van der Waals surface area contributed by atoms with Crippen molar-refractivity contribution in [2.75, 3.05) is 0 Å². The first kappa shape index (κ1) is 7.16. The van der Waals surface area contributed by atoms with E-state index >= 15 is 0 Å². The Labute approximate surface area is 69.7 Å². The quantitative estimate of drug-likeness (QED) is 0.700. The lowest BCUT2D eigenvalue weighted by Crippen LogP contribution is -1.80. The van der Waals surface area contributed by atoms with Crippen molar-refractivity contribution in [2.45, 2.75) is 13.3 Å². The van der Waals surface area contributed by atoms with Gasteiger partial charge in [-0.25, -0.2) is 4.98 Å². The van der Waals surface area contributed by atoms with Gasteiger partial charge in [0.15, 0.2) is 12.0 Å². The van der Waals surface area contributed by atoms with Crippen LogP contribution < -0.4 is 0 Å². The maximum Gasteiger partial charge on any atom is 0.181 e. The van der Waals surface area contributed by atoms with Crippen LogP contribution in [0.1, 0.15) is 12.5 Å². The molecule has 0 radical (unpaired) electrons. The average molecular weight is 163 g/mol. The van der Waals surface area contributed by atoms with Crippen molar-refractivity contribution < 1.29 is 9.52 Å². The Morgan fingerprint density at radius 2 is 2.33 bits per heavy atom. The van der Waals surface area contributed by atoms with Crippen LogP contribution in [-0.2, 0) is 6.42 Å². The zero-order valence-corrected chi connectivity index (χ0v) is 6.74. The van der Waals surface area contributed by atoms with Gasteiger partial charge in [-0.2, -0.15) is 0 Å². The van der Waals surface area contributed by atoms with Gasteiger partial charge in [0.1, 0.15) is 11.3 Å². The minimum atomic E-state index is 0.279. The Hall–Kier alpha value is -1.51. The van der Waals surface area contributed by atoms with Crippen LogP contribution in [0.5, 0.6) is 5.75 Å². The lowest BCUT2D eigenvalue weighted by atomic mass is 10.1. The molecular weight excluding hydrogens is 154 g/mol. The number of phenols is 1. The number of aryl methyl sites for hydroxylation is 1. The highest BCUT2D eigenvalue weighted by Gasteiger charge is 2.04. The predicted molar refractivity (Wildman–Crippen MR) is 45.1 cm³/mol. The highest BCUT2D eigenvalue weighted by atomic mass is 16.3. The minimum absolute atomic E-state index is 0.279. The van der Waals surface area contributed by atoms with Crippen LogP contribution in [0.2, 0.25) is 0 Å². The fourth-order valence-electron chi connectivity index (χ4n) is 1.22. The average Bonchev–Trinajstić information content (AvgIpc) is 2.49. The molecule has 0 saturated carbocycles. The van der Waals surface area contributed by atoms with Crippen molar-refractivity contribution >= 4 is 11.1 Å². The fraction of sp³-hybridized carbons (Fsp3) is 0.222. The lowest BCUT2D eigenvalue weighted by molar-refractivity contribution is 0.468. The molecule has 3 nitrogen and oxygen atoms in total. The smallest absolute Gasteiger partial charge is 0.181 e. The molecule has 1 aromatic carbocycles. The fourth-order valence-corrected chi connectivity index (χ4v) is 1.22. The topological polar surface area (TPSA) is 46.3 Å². The number of fused-ring (bicyclic) bond motifs is 1. The molecule has 1 heterocycles. The van der Waals surface area contributed by atoms with Crippen LogP contribution in [0.4, 0.5) is 0 Å². The first-order chi connectivity index (χ1) is 5.81. The molecule has 0 aliphatic heterocycles. The molecule has 3 heteroatoms. The molecule has 0 atom stereocenters. The summed E-state index contributed by atoms with van der Waals surface area (Å²) in [5, 5.41) is 9.44. The Balaban J connectivity index is 2.73. The molecule has 2 rings (SSSR count). The zero-order chi connectivity index (χ0) is 8.55. The normalized spacial score (nSPS) is 10.8. The summed E-state index contributed by atoms with van der Waals surface area (Å²) in [6.45, 7) is 1.99. The zero-order valence-electron chi connectivity index (χ0n) is 6.74. The summed E-state index contributed by atoms with van der Waals surface area (Å²) in [5.41, 5.74) is 2.32. The second-order valence-electron chi connectivity index (χ2n) is 2.65. The highest BCUT2D eigenvalue weighted by Crippen LogP contribution is 2.24. The summed E-state index contributed by atoms with van der Waals surface area (Å²) >= 11 is 0. The molecule has 12 heavy (non-hydrogen) atoms. The van der Waals surface area contributed by atoms with Crippen LogP contribution >= 0.6 is 0 Å². The van der Waals surface area contributed by atoms with Gasteiger partial charge < -0.3 is 9.52 Å².